The van der Waals surface area contributed by atoms with Crippen LogP contribution in [0.2, 0.25) is 5.02 Å². The molecule has 7 nitrogen and oxygen atoms in total. The van der Waals surface area contributed by atoms with Gasteiger partial charge in [0.05, 0.1) is 7.11 Å². The number of urea groups is 1. The first-order valence-corrected chi connectivity index (χ1v) is 9.13. The van der Waals surface area contributed by atoms with Gasteiger partial charge in [-0.05, 0) is 50.3 Å². The molecule has 1 aromatic carbocycles. The Hall–Kier alpha value is -2.54. The fraction of sp³-hybridized carbons (Fsp3) is 0.421. The summed E-state index contributed by atoms with van der Waals surface area (Å²) in [4.78, 5) is 35.5. The average Bonchev–Trinajstić information content (AvgIpc) is 2.67. The highest BCUT2D eigenvalue weighted by molar-refractivity contribution is 6.31. The van der Waals surface area contributed by atoms with Gasteiger partial charge in [0.15, 0.2) is 6.61 Å². The third kappa shape index (κ3) is 6.94. The van der Waals surface area contributed by atoms with E-state index < -0.39 is 24.5 Å². The second kappa shape index (κ2) is 10.6. The van der Waals surface area contributed by atoms with Crippen molar-refractivity contribution in [2.75, 3.05) is 20.3 Å². The average molecular weight is 395 g/mol. The molecule has 27 heavy (non-hydrogen) atoms. The summed E-state index contributed by atoms with van der Waals surface area (Å²) in [5.74, 6) is -1.22. The monoisotopic (exact) mass is 394 g/mol. The minimum absolute atomic E-state index is 0.100. The van der Waals surface area contributed by atoms with Gasteiger partial charge in [0.1, 0.15) is 11.3 Å². The van der Waals surface area contributed by atoms with E-state index in [9.17, 15) is 14.4 Å². The van der Waals surface area contributed by atoms with Crippen LogP contribution in [0.3, 0.4) is 0 Å². The van der Waals surface area contributed by atoms with Gasteiger partial charge in [0.2, 0.25) is 0 Å². The largest absolute Gasteiger partial charge is 0.496 e. The smallest absolute Gasteiger partial charge is 0.342 e. The number of carbonyl (C=O) groups is 3. The molecular formula is C19H23ClN2O5. The number of carbonyl (C=O) groups excluding carboxylic acids is 3. The van der Waals surface area contributed by atoms with E-state index in [0.717, 1.165) is 19.3 Å². The number of hydrogen-bond donors (Lipinski definition) is 2. The molecule has 0 atom stereocenters. The lowest BCUT2D eigenvalue weighted by molar-refractivity contribution is -0.123. The Morgan fingerprint density at radius 2 is 2.04 bits per heavy atom. The maximum absolute atomic E-state index is 12.1. The topological polar surface area (TPSA) is 93.7 Å². The van der Waals surface area contributed by atoms with Crippen molar-refractivity contribution in [1.29, 1.82) is 0 Å². The Morgan fingerprint density at radius 1 is 1.22 bits per heavy atom. The molecule has 0 heterocycles. The number of rotatable bonds is 7. The molecule has 0 saturated heterocycles. The second-order valence-electron chi connectivity index (χ2n) is 6.08. The number of halogens is 1. The van der Waals surface area contributed by atoms with Gasteiger partial charge >= 0.3 is 12.0 Å². The van der Waals surface area contributed by atoms with Crippen LogP contribution in [-0.4, -0.2) is 38.2 Å². The summed E-state index contributed by atoms with van der Waals surface area (Å²) in [5.41, 5.74) is 1.43. The summed E-state index contributed by atoms with van der Waals surface area (Å²) in [6.07, 6.45) is 7.52. The van der Waals surface area contributed by atoms with Crippen molar-refractivity contribution in [1.82, 2.24) is 10.6 Å². The van der Waals surface area contributed by atoms with Gasteiger partial charge in [0.25, 0.3) is 5.91 Å². The molecule has 0 spiro atoms. The predicted octanol–water partition coefficient (Wildman–Crippen LogP) is 3.22. The Balaban J connectivity index is 1.72. The van der Waals surface area contributed by atoms with Crippen molar-refractivity contribution in [2.24, 2.45) is 0 Å². The van der Waals surface area contributed by atoms with Crippen LogP contribution < -0.4 is 15.4 Å². The maximum atomic E-state index is 12.1. The lowest BCUT2D eigenvalue weighted by Crippen LogP contribution is -2.41. The van der Waals surface area contributed by atoms with E-state index in [-0.39, 0.29) is 11.3 Å². The van der Waals surface area contributed by atoms with Gasteiger partial charge in [-0.15, -0.1) is 0 Å². The summed E-state index contributed by atoms with van der Waals surface area (Å²) in [7, 11) is 1.40. The Morgan fingerprint density at radius 3 is 2.74 bits per heavy atom. The Bertz CT molecular complexity index is 733. The van der Waals surface area contributed by atoms with E-state index in [2.05, 4.69) is 16.7 Å². The molecule has 0 fully saturated rings. The van der Waals surface area contributed by atoms with Gasteiger partial charge in [-0.2, -0.15) is 0 Å². The van der Waals surface area contributed by atoms with Crippen molar-refractivity contribution in [3.8, 4) is 5.75 Å². The normalized spacial score (nSPS) is 13.3. The maximum Gasteiger partial charge on any atom is 0.342 e. The number of nitrogens with one attached hydrogen (secondary N) is 2. The lowest BCUT2D eigenvalue weighted by atomic mass is 9.97. The molecule has 3 amide bonds. The molecule has 2 rings (SSSR count). The number of methoxy groups -OCH3 is 1. The van der Waals surface area contributed by atoms with Gasteiger partial charge in [-0.1, -0.05) is 23.3 Å². The molecule has 1 aliphatic carbocycles. The van der Waals surface area contributed by atoms with E-state index in [1.807, 2.05) is 0 Å². The molecule has 146 valence electrons. The zero-order chi connectivity index (χ0) is 19.6. The highest BCUT2D eigenvalue weighted by Gasteiger charge is 2.17. The fourth-order valence-electron chi connectivity index (χ4n) is 2.72. The lowest BCUT2D eigenvalue weighted by Gasteiger charge is -2.13. The molecule has 0 aliphatic heterocycles. The third-order valence-electron chi connectivity index (χ3n) is 4.09. The van der Waals surface area contributed by atoms with E-state index in [0.29, 0.717) is 11.6 Å². The van der Waals surface area contributed by atoms with Gasteiger partial charge in [-0.3, -0.25) is 10.1 Å². The molecule has 8 heteroatoms. The zero-order valence-corrected chi connectivity index (χ0v) is 15.9. The molecule has 0 unspecified atom stereocenters. The van der Waals surface area contributed by atoms with Crippen molar-refractivity contribution >= 4 is 29.5 Å². The minimum atomic E-state index is -0.769. The van der Waals surface area contributed by atoms with Crippen LogP contribution in [0.25, 0.3) is 0 Å². The fourth-order valence-corrected chi connectivity index (χ4v) is 2.90. The van der Waals surface area contributed by atoms with Crippen LogP contribution >= 0.6 is 11.6 Å². The summed E-state index contributed by atoms with van der Waals surface area (Å²) in [6, 6.07) is 3.85. The number of ether oxygens (including phenoxy) is 2. The summed E-state index contributed by atoms with van der Waals surface area (Å²) < 4.78 is 9.97. The van der Waals surface area contributed by atoms with Crippen LogP contribution in [0.4, 0.5) is 4.79 Å². The molecule has 0 aromatic heterocycles. The number of allylic oxidation sites excluding steroid dienone is 1. The van der Waals surface area contributed by atoms with Crippen LogP contribution in [0.5, 0.6) is 5.75 Å². The van der Waals surface area contributed by atoms with Crippen LogP contribution in [0, 0.1) is 0 Å². The highest BCUT2D eigenvalue weighted by Crippen LogP contribution is 2.23. The highest BCUT2D eigenvalue weighted by atomic mass is 35.5. The summed E-state index contributed by atoms with van der Waals surface area (Å²) in [6.45, 7) is -0.141. The van der Waals surface area contributed by atoms with Gasteiger partial charge in [0, 0.05) is 11.6 Å². The number of esters is 1. The van der Waals surface area contributed by atoms with Crippen molar-refractivity contribution in [3.05, 3.63) is 40.4 Å². The predicted molar refractivity (Wildman–Crippen MR) is 101 cm³/mol. The van der Waals surface area contributed by atoms with Crippen LogP contribution in [0.1, 0.15) is 42.5 Å². The summed E-state index contributed by atoms with van der Waals surface area (Å²) in [5, 5.41) is 5.07. The second-order valence-corrected chi connectivity index (χ2v) is 6.52. The van der Waals surface area contributed by atoms with Crippen molar-refractivity contribution in [3.63, 3.8) is 0 Å². The molecule has 0 radical (unpaired) electrons. The van der Waals surface area contributed by atoms with Crippen LogP contribution in [0.15, 0.2) is 29.8 Å². The first-order valence-electron chi connectivity index (χ1n) is 8.76. The first kappa shape index (κ1) is 20.8. The van der Waals surface area contributed by atoms with Gasteiger partial charge in [-0.25, -0.2) is 9.59 Å². The molecule has 0 bridgehead atoms. The third-order valence-corrected chi connectivity index (χ3v) is 4.32. The number of hydrogen-bond acceptors (Lipinski definition) is 5. The Labute approximate surface area is 163 Å². The molecule has 2 N–H and O–H groups in total. The number of benzene rings is 1. The minimum Gasteiger partial charge on any atom is -0.496 e. The summed E-state index contributed by atoms with van der Waals surface area (Å²) >= 11 is 5.85. The molecular weight excluding hydrogens is 372 g/mol. The SMILES string of the molecule is COc1ccc(Cl)cc1C(=O)OCC(=O)NC(=O)NCCC1=CCCCC1. The number of amides is 3. The van der Waals surface area contributed by atoms with Crippen LogP contribution in [-0.2, 0) is 9.53 Å². The standard InChI is InChI=1S/C19H23ClN2O5/c1-26-16-8-7-14(20)11-15(16)18(24)27-12-17(23)22-19(25)21-10-9-13-5-3-2-4-6-13/h5,7-8,11H,2-4,6,9-10,12H2,1H3,(H2,21,22,23,25). The molecule has 1 aromatic rings. The van der Waals surface area contributed by atoms with Gasteiger partial charge < -0.3 is 14.8 Å². The quantitative estimate of drug-likeness (QED) is 0.547. The van der Waals surface area contributed by atoms with E-state index in [4.69, 9.17) is 21.1 Å². The van der Waals surface area contributed by atoms with Crippen molar-refractivity contribution in [2.45, 2.75) is 32.1 Å². The first-order chi connectivity index (χ1) is 13.0. The van der Waals surface area contributed by atoms with E-state index >= 15 is 0 Å². The Kier molecular flexibility index (Phi) is 8.13. The molecule has 0 saturated carbocycles. The number of imide groups is 1. The molecule has 1 aliphatic rings. The van der Waals surface area contributed by atoms with Crippen molar-refractivity contribution < 1.29 is 23.9 Å². The zero-order valence-electron chi connectivity index (χ0n) is 15.2. The van der Waals surface area contributed by atoms with E-state index in [1.165, 1.54) is 37.7 Å². The van der Waals surface area contributed by atoms with E-state index in [1.54, 1.807) is 6.07 Å².